The third-order valence-electron chi connectivity index (χ3n) is 3.84. The van der Waals surface area contributed by atoms with E-state index in [0.717, 1.165) is 18.8 Å². The van der Waals surface area contributed by atoms with Crippen molar-refractivity contribution in [2.45, 2.75) is 58.9 Å². The van der Waals surface area contributed by atoms with Crippen LogP contribution in [0.1, 0.15) is 50.7 Å². The molecule has 0 spiro atoms. The van der Waals surface area contributed by atoms with Crippen molar-refractivity contribution in [1.82, 2.24) is 0 Å². The second-order valence-electron chi connectivity index (χ2n) is 5.14. The average Bonchev–Trinajstić information content (AvgIpc) is 2.35. The standard InChI is InChI=1S/C16H27N/c1-4-14(5-2)12-16(17)11-10-15-9-7-6-8-13(15)3/h6-9,14,16H,4-5,10-12,17H2,1-3H3. The van der Waals surface area contributed by atoms with E-state index >= 15 is 0 Å². The highest BCUT2D eigenvalue weighted by atomic mass is 14.6. The predicted octanol–water partition coefficient (Wildman–Crippen LogP) is 4.08. The summed E-state index contributed by atoms with van der Waals surface area (Å²) >= 11 is 0. The first-order valence-electron chi connectivity index (χ1n) is 6.97. The Morgan fingerprint density at radius 2 is 1.76 bits per heavy atom. The van der Waals surface area contributed by atoms with Gasteiger partial charge in [0.05, 0.1) is 0 Å². The van der Waals surface area contributed by atoms with E-state index < -0.39 is 0 Å². The molecule has 0 aromatic heterocycles. The van der Waals surface area contributed by atoms with Crippen LogP contribution in [0.3, 0.4) is 0 Å². The highest BCUT2D eigenvalue weighted by Gasteiger charge is 2.10. The first-order valence-corrected chi connectivity index (χ1v) is 6.97. The third-order valence-corrected chi connectivity index (χ3v) is 3.84. The Hall–Kier alpha value is -0.820. The molecule has 0 amide bonds. The second-order valence-corrected chi connectivity index (χ2v) is 5.14. The van der Waals surface area contributed by atoms with E-state index in [9.17, 15) is 0 Å². The fraction of sp³-hybridized carbons (Fsp3) is 0.625. The topological polar surface area (TPSA) is 26.0 Å². The molecule has 1 unspecified atom stereocenters. The molecule has 1 aromatic carbocycles. The molecule has 0 radical (unpaired) electrons. The third kappa shape index (κ3) is 4.91. The number of nitrogens with two attached hydrogens (primary N) is 1. The van der Waals surface area contributed by atoms with Crippen LogP contribution >= 0.6 is 0 Å². The number of rotatable bonds is 7. The van der Waals surface area contributed by atoms with Gasteiger partial charge >= 0.3 is 0 Å². The smallest absolute Gasteiger partial charge is 0.00446 e. The van der Waals surface area contributed by atoms with Gasteiger partial charge in [0.2, 0.25) is 0 Å². The molecule has 0 fully saturated rings. The lowest BCUT2D eigenvalue weighted by Gasteiger charge is -2.18. The minimum Gasteiger partial charge on any atom is -0.328 e. The molecule has 1 heteroatoms. The van der Waals surface area contributed by atoms with Gasteiger partial charge in [-0.15, -0.1) is 0 Å². The monoisotopic (exact) mass is 233 g/mol. The summed E-state index contributed by atoms with van der Waals surface area (Å²) in [6, 6.07) is 8.98. The Morgan fingerprint density at radius 1 is 1.12 bits per heavy atom. The van der Waals surface area contributed by atoms with Crippen LogP contribution in [0.15, 0.2) is 24.3 Å². The van der Waals surface area contributed by atoms with Crippen molar-refractivity contribution in [2.24, 2.45) is 11.7 Å². The molecule has 2 N–H and O–H groups in total. The molecule has 17 heavy (non-hydrogen) atoms. The Bertz CT molecular complexity index is 315. The van der Waals surface area contributed by atoms with Gasteiger partial charge in [-0.2, -0.15) is 0 Å². The molecular weight excluding hydrogens is 206 g/mol. The highest BCUT2D eigenvalue weighted by Crippen LogP contribution is 2.17. The molecule has 1 atom stereocenters. The van der Waals surface area contributed by atoms with Crippen molar-refractivity contribution in [2.75, 3.05) is 0 Å². The average molecular weight is 233 g/mol. The van der Waals surface area contributed by atoms with Gasteiger partial charge in [0.15, 0.2) is 0 Å². The normalized spacial score (nSPS) is 13.0. The Kier molecular flexibility index (Phi) is 6.28. The lowest BCUT2D eigenvalue weighted by atomic mass is 9.91. The van der Waals surface area contributed by atoms with E-state index in [1.54, 1.807) is 0 Å². The first kappa shape index (κ1) is 14.2. The van der Waals surface area contributed by atoms with Gasteiger partial charge < -0.3 is 5.73 Å². The van der Waals surface area contributed by atoms with E-state index in [2.05, 4.69) is 45.0 Å². The summed E-state index contributed by atoms with van der Waals surface area (Å²) in [4.78, 5) is 0. The molecule has 1 rings (SSSR count). The zero-order valence-electron chi connectivity index (χ0n) is 11.6. The maximum absolute atomic E-state index is 6.22. The Labute approximate surface area is 106 Å². The van der Waals surface area contributed by atoms with E-state index in [1.807, 2.05) is 0 Å². The van der Waals surface area contributed by atoms with Crippen molar-refractivity contribution in [1.29, 1.82) is 0 Å². The van der Waals surface area contributed by atoms with Crippen LogP contribution in [0.2, 0.25) is 0 Å². The van der Waals surface area contributed by atoms with Crippen LogP contribution in [0, 0.1) is 12.8 Å². The minimum absolute atomic E-state index is 0.361. The van der Waals surface area contributed by atoms with E-state index in [1.165, 1.54) is 30.4 Å². The molecular formula is C16H27N. The fourth-order valence-electron chi connectivity index (χ4n) is 2.40. The van der Waals surface area contributed by atoms with Crippen molar-refractivity contribution in [3.05, 3.63) is 35.4 Å². The van der Waals surface area contributed by atoms with Crippen LogP contribution in [0.4, 0.5) is 0 Å². The molecule has 1 aromatic rings. The summed E-state index contributed by atoms with van der Waals surface area (Å²) < 4.78 is 0. The molecule has 0 heterocycles. The lowest BCUT2D eigenvalue weighted by Crippen LogP contribution is -2.24. The first-order chi connectivity index (χ1) is 8.17. The summed E-state index contributed by atoms with van der Waals surface area (Å²) in [5, 5.41) is 0. The summed E-state index contributed by atoms with van der Waals surface area (Å²) in [7, 11) is 0. The zero-order valence-corrected chi connectivity index (χ0v) is 11.6. The van der Waals surface area contributed by atoms with Gasteiger partial charge in [-0.1, -0.05) is 51.0 Å². The SMILES string of the molecule is CCC(CC)CC(N)CCc1ccccc1C. The largest absolute Gasteiger partial charge is 0.328 e. The van der Waals surface area contributed by atoms with Crippen LogP contribution in [-0.4, -0.2) is 6.04 Å². The van der Waals surface area contributed by atoms with Gasteiger partial charge in [-0.25, -0.2) is 0 Å². The zero-order chi connectivity index (χ0) is 12.7. The Balaban J connectivity index is 2.38. The molecule has 0 aliphatic rings. The quantitative estimate of drug-likeness (QED) is 0.754. The lowest BCUT2D eigenvalue weighted by molar-refractivity contribution is 0.397. The number of hydrogen-bond acceptors (Lipinski definition) is 1. The van der Waals surface area contributed by atoms with Crippen LogP contribution in [0.25, 0.3) is 0 Å². The summed E-state index contributed by atoms with van der Waals surface area (Å²) in [5.74, 6) is 0.807. The summed E-state index contributed by atoms with van der Waals surface area (Å²) in [6.07, 6.45) is 5.93. The molecule has 1 nitrogen and oxygen atoms in total. The van der Waals surface area contributed by atoms with Crippen molar-refractivity contribution >= 4 is 0 Å². The van der Waals surface area contributed by atoms with E-state index in [0.29, 0.717) is 6.04 Å². The molecule has 0 saturated heterocycles. The van der Waals surface area contributed by atoms with Crippen LogP contribution in [0.5, 0.6) is 0 Å². The summed E-state index contributed by atoms with van der Waals surface area (Å²) in [6.45, 7) is 6.71. The molecule has 0 saturated carbocycles. The van der Waals surface area contributed by atoms with Crippen LogP contribution in [-0.2, 0) is 6.42 Å². The second kappa shape index (κ2) is 7.50. The van der Waals surface area contributed by atoms with Gasteiger partial charge in [-0.3, -0.25) is 0 Å². The molecule has 0 bridgehead atoms. The number of aryl methyl sites for hydroxylation is 2. The molecule has 96 valence electrons. The predicted molar refractivity (Wildman–Crippen MR) is 76.2 cm³/mol. The van der Waals surface area contributed by atoms with Gasteiger partial charge in [0, 0.05) is 6.04 Å². The fourth-order valence-corrected chi connectivity index (χ4v) is 2.40. The minimum atomic E-state index is 0.361. The van der Waals surface area contributed by atoms with Crippen LogP contribution < -0.4 is 5.73 Å². The van der Waals surface area contributed by atoms with Gasteiger partial charge in [-0.05, 0) is 43.2 Å². The summed E-state index contributed by atoms with van der Waals surface area (Å²) in [5.41, 5.74) is 9.07. The van der Waals surface area contributed by atoms with Gasteiger partial charge in [0.25, 0.3) is 0 Å². The van der Waals surface area contributed by atoms with E-state index in [-0.39, 0.29) is 0 Å². The van der Waals surface area contributed by atoms with Gasteiger partial charge in [0.1, 0.15) is 0 Å². The molecule has 0 aliphatic heterocycles. The van der Waals surface area contributed by atoms with E-state index in [4.69, 9.17) is 5.73 Å². The number of benzene rings is 1. The van der Waals surface area contributed by atoms with Crippen molar-refractivity contribution in [3.8, 4) is 0 Å². The maximum Gasteiger partial charge on any atom is 0.00446 e. The molecule has 0 aliphatic carbocycles. The van der Waals surface area contributed by atoms with Crippen molar-refractivity contribution < 1.29 is 0 Å². The Morgan fingerprint density at radius 3 is 2.35 bits per heavy atom. The highest BCUT2D eigenvalue weighted by molar-refractivity contribution is 5.25. The number of hydrogen-bond donors (Lipinski definition) is 1. The maximum atomic E-state index is 6.22. The van der Waals surface area contributed by atoms with Crippen molar-refractivity contribution in [3.63, 3.8) is 0 Å².